The largest absolute Gasteiger partial charge is 0.300 e. The van der Waals surface area contributed by atoms with E-state index < -0.39 is 9.84 Å². The minimum atomic E-state index is -2.88. The average molecular weight is 330 g/mol. The Morgan fingerprint density at radius 3 is 2.38 bits per heavy atom. The molecule has 7 heteroatoms. The van der Waals surface area contributed by atoms with Crippen LogP contribution >= 0.6 is 11.3 Å². The lowest BCUT2D eigenvalue weighted by atomic mass is 10.2. The van der Waals surface area contributed by atoms with E-state index in [1.807, 2.05) is 11.4 Å². The zero-order chi connectivity index (χ0) is 15.5. The number of nitrogens with zero attached hydrogens (tertiary/aromatic N) is 2. The average Bonchev–Trinajstić information content (AvgIpc) is 2.86. The van der Waals surface area contributed by atoms with Gasteiger partial charge in [0.05, 0.1) is 10.6 Å². The van der Waals surface area contributed by atoms with Crippen LogP contribution in [0.1, 0.15) is 22.2 Å². The van der Waals surface area contributed by atoms with E-state index in [9.17, 15) is 13.2 Å². The van der Waals surface area contributed by atoms with Crippen molar-refractivity contribution in [3.8, 4) is 0 Å². The zero-order valence-electron chi connectivity index (χ0n) is 12.5. The maximum Gasteiger partial charge on any atom is 0.169 e. The van der Waals surface area contributed by atoms with Crippen molar-refractivity contribution in [3.63, 3.8) is 0 Å². The van der Waals surface area contributed by atoms with Crippen molar-refractivity contribution in [3.05, 3.63) is 21.9 Å². The quantitative estimate of drug-likeness (QED) is 0.732. The standard InChI is InChI=1S/C14H22N2O3S2/c1-12(17)14-9-13(11-20-14)10-16-5-3-15(4-6-16)7-8-21(2,18)19/h9,11H,3-8,10H2,1-2H3. The molecule has 0 aliphatic carbocycles. The molecule has 2 rings (SSSR count). The van der Waals surface area contributed by atoms with Gasteiger partial charge in [-0.05, 0) is 23.9 Å². The lowest BCUT2D eigenvalue weighted by Crippen LogP contribution is -2.47. The first-order valence-electron chi connectivity index (χ1n) is 7.04. The van der Waals surface area contributed by atoms with Crippen LogP contribution in [-0.4, -0.2) is 68.7 Å². The summed E-state index contributed by atoms with van der Waals surface area (Å²) in [6.07, 6.45) is 1.28. The third-order valence-corrected chi connectivity index (χ3v) is 5.65. The van der Waals surface area contributed by atoms with E-state index in [1.165, 1.54) is 23.2 Å². The maximum atomic E-state index is 11.3. The van der Waals surface area contributed by atoms with Gasteiger partial charge in [-0.15, -0.1) is 11.3 Å². The number of ketones is 1. The minimum absolute atomic E-state index is 0.122. The van der Waals surface area contributed by atoms with Crippen LogP contribution in [0.3, 0.4) is 0 Å². The number of carbonyl (C=O) groups excluding carboxylic acids is 1. The van der Waals surface area contributed by atoms with Crippen molar-refractivity contribution < 1.29 is 13.2 Å². The Labute approximate surface area is 130 Å². The summed E-state index contributed by atoms with van der Waals surface area (Å²) in [5, 5.41) is 2.05. The molecule has 1 fully saturated rings. The van der Waals surface area contributed by atoms with Crippen LogP contribution in [-0.2, 0) is 16.4 Å². The van der Waals surface area contributed by atoms with E-state index in [-0.39, 0.29) is 11.5 Å². The number of hydrogen-bond acceptors (Lipinski definition) is 6. The van der Waals surface area contributed by atoms with Crippen LogP contribution in [0.15, 0.2) is 11.4 Å². The highest BCUT2D eigenvalue weighted by Gasteiger charge is 2.18. The molecule has 1 aromatic heterocycles. The number of rotatable bonds is 6. The summed E-state index contributed by atoms with van der Waals surface area (Å²) in [7, 11) is -2.88. The van der Waals surface area contributed by atoms with Crippen LogP contribution in [0.2, 0.25) is 0 Å². The topological polar surface area (TPSA) is 57.7 Å². The Morgan fingerprint density at radius 2 is 1.86 bits per heavy atom. The molecule has 0 amide bonds. The number of thiophene rings is 1. The van der Waals surface area contributed by atoms with E-state index in [4.69, 9.17) is 0 Å². The predicted octanol–water partition coefficient (Wildman–Crippen LogP) is 1.11. The molecule has 0 radical (unpaired) electrons. The smallest absolute Gasteiger partial charge is 0.169 e. The molecule has 0 spiro atoms. The normalized spacial score (nSPS) is 18.0. The minimum Gasteiger partial charge on any atom is -0.300 e. The number of hydrogen-bond donors (Lipinski definition) is 0. The van der Waals surface area contributed by atoms with Crippen molar-refractivity contribution in [2.75, 3.05) is 44.7 Å². The Bertz CT molecular complexity index is 587. The first-order valence-corrected chi connectivity index (χ1v) is 9.98. The fraction of sp³-hybridized carbons (Fsp3) is 0.643. The van der Waals surface area contributed by atoms with Gasteiger partial charge in [0, 0.05) is 45.5 Å². The van der Waals surface area contributed by atoms with Gasteiger partial charge in [0.15, 0.2) is 5.78 Å². The van der Waals surface area contributed by atoms with Gasteiger partial charge in [0.25, 0.3) is 0 Å². The third kappa shape index (κ3) is 5.50. The highest BCUT2D eigenvalue weighted by Crippen LogP contribution is 2.17. The van der Waals surface area contributed by atoms with Crippen molar-refractivity contribution in [1.29, 1.82) is 0 Å². The molecule has 1 aliphatic rings. The molecule has 0 atom stereocenters. The van der Waals surface area contributed by atoms with Gasteiger partial charge in [-0.1, -0.05) is 0 Å². The molecule has 0 bridgehead atoms. The molecule has 1 aliphatic heterocycles. The number of Topliss-reactive ketones (excluding diaryl/α,β-unsaturated/α-hetero) is 1. The lowest BCUT2D eigenvalue weighted by molar-refractivity contribution is 0.102. The molecule has 0 aromatic carbocycles. The van der Waals surface area contributed by atoms with Crippen molar-refractivity contribution >= 4 is 27.0 Å². The highest BCUT2D eigenvalue weighted by atomic mass is 32.2. The van der Waals surface area contributed by atoms with Gasteiger partial charge in [-0.2, -0.15) is 0 Å². The summed E-state index contributed by atoms with van der Waals surface area (Å²) in [5.74, 6) is 0.358. The number of piperazine rings is 1. The fourth-order valence-electron chi connectivity index (χ4n) is 2.37. The summed E-state index contributed by atoms with van der Waals surface area (Å²) < 4.78 is 22.3. The molecule has 0 N–H and O–H groups in total. The summed E-state index contributed by atoms with van der Waals surface area (Å²) >= 11 is 1.50. The molecule has 5 nitrogen and oxygen atoms in total. The molecule has 2 heterocycles. The fourth-order valence-corrected chi connectivity index (χ4v) is 3.76. The van der Waals surface area contributed by atoms with Gasteiger partial charge >= 0.3 is 0 Å². The zero-order valence-corrected chi connectivity index (χ0v) is 14.2. The van der Waals surface area contributed by atoms with Gasteiger partial charge in [-0.3, -0.25) is 14.6 Å². The third-order valence-electron chi connectivity index (χ3n) is 3.65. The van der Waals surface area contributed by atoms with Crippen molar-refractivity contribution in [2.24, 2.45) is 0 Å². The maximum absolute atomic E-state index is 11.3. The van der Waals surface area contributed by atoms with E-state index in [1.54, 1.807) is 6.92 Å². The first-order chi connectivity index (χ1) is 9.83. The Balaban J connectivity index is 1.77. The van der Waals surface area contributed by atoms with E-state index in [2.05, 4.69) is 9.80 Å². The lowest BCUT2D eigenvalue weighted by Gasteiger charge is -2.34. The Kier molecular flexibility index (Phi) is 5.54. The van der Waals surface area contributed by atoms with Crippen LogP contribution in [0.4, 0.5) is 0 Å². The molecule has 118 valence electrons. The van der Waals surface area contributed by atoms with Crippen LogP contribution in [0, 0.1) is 0 Å². The van der Waals surface area contributed by atoms with Crippen LogP contribution in [0.5, 0.6) is 0 Å². The van der Waals surface area contributed by atoms with Gasteiger partial charge in [0.1, 0.15) is 9.84 Å². The van der Waals surface area contributed by atoms with Gasteiger partial charge in [-0.25, -0.2) is 8.42 Å². The summed E-state index contributed by atoms with van der Waals surface area (Å²) in [4.78, 5) is 16.7. The number of carbonyl (C=O) groups is 1. The van der Waals surface area contributed by atoms with Crippen molar-refractivity contribution in [2.45, 2.75) is 13.5 Å². The number of sulfone groups is 1. The van der Waals surface area contributed by atoms with Crippen LogP contribution in [0.25, 0.3) is 0 Å². The molecule has 0 unspecified atom stereocenters. The predicted molar refractivity (Wildman–Crippen MR) is 85.8 cm³/mol. The molecule has 0 saturated carbocycles. The van der Waals surface area contributed by atoms with E-state index >= 15 is 0 Å². The second-order valence-corrected chi connectivity index (χ2v) is 8.79. The Morgan fingerprint density at radius 1 is 1.24 bits per heavy atom. The monoisotopic (exact) mass is 330 g/mol. The molecule has 21 heavy (non-hydrogen) atoms. The second kappa shape index (κ2) is 7.00. The summed E-state index contributed by atoms with van der Waals surface area (Å²) in [5.41, 5.74) is 1.19. The van der Waals surface area contributed by atoms with Gasteiger partial charge < -0.3 is 0 Å². The molecular formula is C14H22N2O3S2. The summed E-state index contributed by atoms with van der Waals surface area (Å²) in [6.45, 7) is 6.77. The van der Waals surface area contributed by atoms with E-state index in [0.29, 0.717) is 6.54 Å². The van der Waals surface area contributed by atoms with E-state index in [0.717, 1.165) is 37.6 Å². The second-order valence-electron chi connectivity index (χ2n) is 5.62. The molecule has 1 aromatic rings. The molecule has 1 saturated heterocycles. The van der Waals surface area contributed by atoms with Crippen molar-refractivity contribution in [1.82, 2.24) is 9.80 Å². The van der Waals surface area contributed by atoms with Gasteiger partial charge in [0.2, 0.25) is 0 Å². The molecular weight excluding hydrogens is 308 g/mol. The highest BCUT2D eigenvalue weighted by molar-refractivity contribution is 7.90. The SMILES string of the molecule is CC(=O)c1cc(CN2CCN(CCS(C)(=O)=O)CC2)cs1. The first kappa shape index (κ1) is 16.6. The van der Waals surface area contributed by atoms with Crippen LogP contribution < -0.4 is 0 Å². The summed E-state index contributed by atoms with van der Waals surface area (Å²) in [6, 6.07) is 1.98. The Hall–Kier alpha value is -0.760.